The highest BCUT2D eigenvalue weighted by molar-refractivity contribution is 6.30. The van der Waals surface area contributed by atoms with Crippen molar-refractivity contribution >= 4 is 23.0 Å². The summed E-state index contributed by atoms with van der Waals surface area (Å²) in [6.07, 6.45) is 1.00. The van der Waals surface area contributed by atoms with Crippen molar-refractivity contribution in [2.75, 3.05) is 24.3 Å². The van der Waals surface area contributed by atoms with Crippen molar-refractivity contribution < 1.29 is 0 Å². The number of rotatable bonds is 5. The van der Waals surface area contributed by atoms with E-state index in [-0.39, 0.29) is 6.04 Å². The van der Waals surface area contributed by atoms with Gasteiger partial charge in [-0.15, -0.1) is 0 Å². The molecule has 0 bridgehead atoms. The minimum absolute atomic E-state index is 0.259. The number of hydrogen-bond acceptors (Lipinski definition) is 2. The van der Waals surface area contributed by atoms with E-state index in [4.69, 9.17) is 11.6 Å². The van der Waals surface area contributed by atoms with E-state index in [1.54, 1.807) is 0 Å². The lowest BCUT2D eigenvalue weighted by Gasteiger charge is -2.24. The van der Waals surface area contributed by atoms with Crippen molar-refractivity contribution in [3.05, 3.63) is 59.1 Å². The van der Waals surface area contributed by atoms with Crippen LogP contribution in [0.4, 0.5) is 11.4 Å². The lowest BCUT2D eigenvalue weighted by atomic mass is 10.0. The zero-order valence-corrected chi connectivity index (χ0v) is 13.0. The number of halogens is 1. The van der Waals surface area contributed by atoms with Crippen LogP contribution in [-0.2, 0) is 0 Å². The Balaban J connectivity index is 2.27. The van der Waals surface area contributed by atoms with Crippen LogP contribution >= 0.6 is 11.6 Å². The van der Waals surface area contributed by atoms with Gasteiger partial charge in [-0.1, -0.05) is 42.8 Å². The lowest BCUT2D eigenvalue weighted by Crippen LogP contribution is -2.15. The molecule has 0 amide bonds. The molecular weight excluding hydrogens is 268 g/mol. The summed E-state index contributed by atoms with van der Waals surface area (Å²) < 4.78 is 0. The van der Waals surface area contributed by atoms with Gasteiger partial charge in [-0.05, 0) is 36.2 Å². The van der Waals surface area contributed by atoms with Crippen LogP contribution in [0, 0.1) is 0 Å². The summed E-state index contributed by atoms with van der Waals surface area (Å²) in [7, 11) is 4.11. The molecule has 0 radical (unpaired) electrons. The van der Waals surface area contributed by atoms with Crippen molar-refractivity contribution in [3.63, 3.8) is 0 Å². The highest BCUT2D eigenvalue weighted by Crippen LogP contribution is 2.30. The third kappa shape index (κ3) is 3.45. The molecule has 2 aromatic rings. The fourth-order valence-electron chi connectivity index (χ4n) is 2.32. The Hall–Kier alpha value is -1.67. The fraction of sp³-hybridized carbons (Fsp3) is 0.294. The largest absolute Gasteiger partial charge is 0.377 e. The van der Waals surface area contributed by atoms with E-state index in [0.717, 1.165) is 17.1 Å². The van der Waals surface area contributed by atoms with Gasteiger partial charge in [0, 0.05) is 19.1 Å². The van der Waals surface area contributed by atoms with E-state index in [2.05, 4.69) is 61.6 Å². The quantitative estimate of drug-likeness (QED) is 0.836. The molecule has 1 atom stereocenters. The molecule has 0 aliphatic heterocycles. The number of nitrogens with zero attached hydrogens (tertiary/aromatic N) is 1. The van der Waals surface area contributed by atoms with Crippen LogP contribution in [-0.4, -0.2) is 14.1 Å². The zero-order chi connectivity index (χ0) is 14.5. The fourth-order valence-corrected chi connectivity index (χ4v) is 2.52. The van der Waals surface area contributed by atoms with Crippen molar-refractivity contribution in [1.82, 2.24) is 0 Å². The van der Waals surface area contributed by atoms with E-state index in [9.17, 15) is 0 Å². The van der Waals surface area contributed by atoms with Gasteiger partial charge < -0.3 is 10.2 Å². The van der Waals surface area contributed by atoms with Gasteiger partial charge in [0.1, 0.15) is 0 Å². The highest BCUT2D eigenvalue weighted by atomic mass is 35.5. The summed E-state index contributed by atoms with van der Waals surface area (Å²) in [4.78, 5) is 2.12. The Morgan fingerprint density at radius 3 is 2.50 bits per heavy atom. The second-order valence-corrected chi connectivity index (χ2v) is 5.51. The predicted octanol–water partition coefficient (Wildman–Crippen LogP) is 4.97. The second-order valence-electron chi connectivity index (χ2n) is 5.07. The smallest absolute Gasteiger partial charge is 0.0596 e. The number of para-hydroxylation sites is 2. The first-order valence-corrected chi connectivity index (χ1v) is 7.28. The first kappa shape index (κ1) is 14.7. The molecular formula is C17H21ClN2. The predicted molar refractivity (Wildman–Crippen MR) is 88.9 cm³/mol. The topological polar surface area (TPSA) is 15.3 Å². The van der Waals surface area contributed by atoms with Gasteiger partial charge >= 0.3 is 0 Å². The minimum atomic E-state index is 0.259. The zero-order valence-electron chi connectivity index (χ0n) is 12.2. The van der Waals surface area contributed by atoms with Gasteiger partial charge in [0.2, 0.25) is 0 Å². The molecule has 0 saturated carbocycles. The third-order valence-corrected chi connectivity index (χ3v) is 3.61. The minimum Gasteiger partial charge on any atom is -0.377 e. The first-order chi connectivity index (χ1) is 9.61. The van der Waals surface area contributed by atoms with E-state index in [1.807, 2.05) is 18.2 Å². The van der Waals surface area contributed by atoms with Crippen LogP contribution in [0.25, 0.3) is 0 Å². The van der Waals surface area contributed by atoms with Crippen LogP contribution in [0.15, 0.2) is 48.5 Å². The van der Waals surface area contributed by atoms with Gasteiger partial charge in [-0.25, -0.2) is 0 Å². The Bertz CT molecular complexity index is 566. The molecule has 20 heavy (non-hydrogen) atoms. The van der Waals surface area contributed by atoms with Gasteiger partial charge in [0.25, 0.3) is 0 Å². The van der Waals surface area contributed by atoms with Crippen LogP contribution in [0.5, 0.6) is 0 Å². The molecule has 1 N–H and O–H groups in total. The van der Waals surface area contributed by atoms with Crippen molar-refractivity contribution in [1.29, 1.82) is 0 Å². The normalized spacial score (nSPS) is 12.0. The average Bonchev–Trinajstić information content (AvgIpc) is 2.45. The van der Waals surface area contributed by atoms with Crippen LogP contribution in [0.3, 0.4) is 0 Å². The maximum atomic E-state index is 6.09. The van der Waals surface area contributed by atoms with E-state index >= 15 is 0 Å². The molecule has 0 saturated heterocycles. The molecule has 106 valence electrons. The van der Waals surface area contributed by atoms with E-state index in [0.29, 0.717) is 0 Å². The molecule has 0 aliphatic rings. The standard InChI is InChI=1S/C17H21ClN2/c1-4-15(13-8-7-9-14(18)12-13)19-16-10-5-6-11-17(16)20(2)3/h5-12,15,19H,4H2,1-3H3. The van der Waals surface area contributed by atoms with Gasteiger partial charge in [0.15, 0.2) is 0 Å². The molecule has 1 unspecified atom stereocenters. The summed E-state index contributed by atoms with van der Waals surface area (Å²) in [5.41, 5.74) is 3.55. The Kier molecular flexibility index (Phi) is 4.91. The Morgan fingerprint density at radius 1 is 1.10 bits per heavy atom. The Morgan fingerprint density at radius 2 is 1.85 bits per heavy atom. The highest BCUT2D eigenvalue weighted by Gasteiger charge is 2.12. The molecule has 2 rings (SSSR count). The SMILES string of the molecule is CCC(Nc1ccccc1N(C)C)c1cccc(Cl)c1. The molecule has 0 fully saturated rings. The van der Waals surface area contributed by atoms with Gasteiger partial charge in [0.05, 0.1) is 17.4 Å². The van der Waals surface area contributed by atoms with Crippen LogP contribution < -0.4 is 10.2 Å². The summed E-state index contributed by atoms with van der Waals surface area (Å²) >= 11 is 6.09. The monoisotopic (exact) mass is 288 g/mol. The number of nitrogens with one attached hydrogen (secondary N) is 1. The summed E-state index contributed by atoms with van der Waals surface area (Å²) in [6.45, 7) is 2.18. The van der Waals surface area contributed by atoms with Crippen LogP contribution in [0.1, 0.15) is 24.9 Å². The van der Waals surface area contributed by atoms with Crippen molar-refractivity contribution in [2.24, 2.45) is 0 Å². The lowest BCUT2D eigenvalue weighted by molar-refractivity contribution is 0.749. The summed E-state index contributed by atoms with van der Waals surface area (Å²) in [5, 5.41) is 4.40. The molecule has 2 nitrogen and oxygen atoms in total. The molecule has 0 heterocycles. The number of hydrogen-bond donors (Lipinski definition) is 1. The molecule has 3 heteroatoms. The summed E-state index contributed by atoms with van der Waals surface area (Å²) in [5.74, 6) is 0. The van der Waals surface area contributed by atoms with Gasteiger partial charge in [-0.3, -0.25) is 0 Å². The molecule has 2 aromatic carbocycles. The number of benzene rings is 2. The molecule has 0 aliphatic carbocycles. The maximum Gasteiger partial charge on any atom is 0.0596 e. The second kappa shape index (κ2) is 6.67. The van der Waals surface area contributed by atoms with Crippen molar-refractivity contribution in [3.8, 4) is 0 Å². The molecule has 0 aromatic heterocycles. The third-order valence-electron chi connectivity index (χ3n) is 3.37. The van der Waals surface area contributed by atoms with Crippen LogP contribution in [0.2, 0.25) is 5.02 Å². The molecule has 0 spiro atoms. The Labute approximate surface area is 126 Å². The summed E-state index contributed by atoms with van der Waals surface area (Å²) in [6, 6.07) is 16.7. The van der Waals surface area contributed by atoms with E-state index in [1.165, 1.54) is 11.3 Å². The first-order valence-electron chi connectivity index (χ1n) is 6.90. The van der Waals surface area contributed by atoms with E-state index < -0.39 is 0 Å². The average molecular weight is 289 g/mol. The van der Waals surface area contributed by atoms with Crippen molar-refractivity contribution in [2.45, 2.75) is 19.4 Å². The van der Waals surface area contributed by atoms with Gasteiger partial charge in [-0.2, -0.15) is 0 Å². The number of anilines is 2. The maximum absolute atomic E-state index is 6.09.